The van der Waals surface area contributed by atoms with Crippen LogP contribution in [0.3, 0.4) is 0 Å². The van der Waals surface area contributed by atoms with Crippen LogP contribution in [0.1, 0.15) is 31.2 Å². The highest BCUT2D eigenvalue weighted by atomic mass is 32.2. The molecule has 1 saturated heterocycles. The van der Waals surface area contributed by atoms with Crippen LogP contribution < -0.4 is 4.74 Å². The summed E-state index contributed by atoms with van der Waals surface area (Å²) in [5.41, 5.74) is 0.752. The zero-order valence-corrected chi connectivity index (χ0v) is 16.3. The van der Waals surface area contributed by atoms with Gasteiger partial charge in [-0.1, -0.05) is 41.9 Å². The number of rotatable bonds is 5. The molecule has 0 N–H and O–H groups in total. The fraction of sp³-hybridized carbons (Fsp3) is 0.300. The molecular weight excluding hydrogens is 378 g/mol. The van der Waals surface area contributed by atoms with Crippen molar-refractivity contribution in [2.24, 2.45) is 0 Å². The van der Waals surface area contributed by atoms with E-state index in [9.17, 15) is 8.42 Å². The fourth-order valence-corrected chi connectivity index (χ4v) is 5.09. The number of methoxy groups -OCH3 is 1. The zero-order valence-electron chi connectivity index (χ0n) is 15.5. The lowest BCUT2D eigenvalue weighted by atomic mass is 10.1. The van der Waals surface area contributed by atoms with Gasteiger partial charge in [0.1, 0.15) is 11.8 Å². The van der Waals surface area contributed by atoms with Crippen LogP contribution in [0.15, 0.2) is 64.0 Å². The monoisotopic (exact) mass is 399 g/mol. The van der Waals surface area contributed by atoms with Crippen LogP contribution in [0.4, 0.5) is 0 Å². The van der Waals surface area contributed by atoms with Gasteiger partial charge in [0.25, 0.3) is 0 Å². The van der Waals surface area contributed by atoms with E-state index in [2.05, 4.69) is 10.1 Å². The second kappa shape index (κ2) is 7.73. The molecule has 1 aromatic heterocycles. The van der Waals surface area contributed by atoms with Gasteiger partial charge in [-0.15, -0.1) is 0 Å². The van der Waals surface area contributed by atoms with Crippen molar-refractivity contribution in [2.45, 2.75) is 30.2 Å². The summed E-state index contributed by atoms with van der Waals surface area (Å²) >= 11 is 0. The Balaban J connectivity index is 1.66. The number of hydrogen-bond acceptors (Lipinski definition) is 6. The number of benzene rings is 2. The molecule has 146 valence electrons. The van der Waals surface area contributed by atoms with Crippen LogP contribution >= 0.6 is 0 Å². The van der Waals surface area contributed by atoms with Gasteiger partial charge in [0.05, 0.1) is 12.0 Å². The molecule has 0 amide bonds. The number of sulfonamides is 1. The Bertz CT molecular complexity index is 1050. The Morgan fingerprint density at radius 1 is 1.11 bits per heavy atom. The Morgan fingerprint density at radius 3 is 2.71 bits per heavy atom. The fourth-order valence-electron chi connectivity index (χ4n) is 3.42. The molecule has 1 fully saturated rings. The van der Waals surface area contributed by atoms with Gasteiger partial charge in [0.2, 0.25) is 21.7 Å². The minimum atomic E-state index is -3.64. The highest BCUT2D eigenvalue weighted by Crippen LogP contribution is 2.35. The summed E-state index contributed by atoms with van der Waals surface area (Å²) in [5.74, 6) is 1.42. The molecule has 8 heteroatoms. The number of hydrogen-bond donors (Lipinski definition) is 0. The molecule has 0 spiro atoms. The molecule has 1 aliphatic rings. The minimum Gasteiger partial charge on any atom is -0.497 e. The third kappa shape index (κ3) is 3.53. The van der Waals surface area contributed by atoms with Crippen LogP contribution in [0, 0.1) is 0 Å². The summed E-state index contributed by atoms with van der Waals surface area (Å²) in [6, 6.07) is 15.3. The van der Waals surface area contributed by atoms with Crippen molar-refractivity contribution in [2.75, 3.05) is 13.7 Å². The molecule has 0 radical (unpaired) electrons. The maximum absolute atomic E-state index is 13.2. The summed E-state index contributed by atoms with van der Waals surface area (Å²) in [5, 5.41) is 4.06. The summed E-state index contributed by atoms with van der Waals surface area (Å²) in [4.78, 5) is 4.77. The molecule has 28 heavy (non-hydrogen) atoms. The van der Waals surface area contributed by atoms with Gasteiger partial charge in [-0.25, -0.2) is 8.42 Å². The maximum atomic E-state index is 13.2. The largest absolute Gasteiger partial charge is 0.497 e. The summed E-state index contributed by atoms with van der Waals surface area (Å²) in [7, 11) is -2.05. The molecule has 2 aromatic carbocycles. The van der Waals surface area contributed by atoms with Crippen molar-refractivity contribution in [1.82, 2.24) is 14.4 Å². The van der Waals surface area contributed by atoms with Crippen molar-refractivity contribution in [3.63, 3.8) is 0 Å². The average molecular weight is 399 g/mol. The standard InChI is InChI=1S/C20H21N3O4S/c1-26-16-9-7-8-15(14-16)19-21-20(27-22-19)18-12-5-6-13-23(18)28(24,25)17-10-3-2-4-11-17/h2-4,7-11,14,18H,5-6,12-13H2,1H3. The van der Waals surface area contributed by atoms with Crippen LogP contribution in [-0.4, -0.2) is 36.5 Å². The SMILES string of the molecule is COc1cccc(-c2noc(C3CCCCN3S(=O)(=O)c3ccccc3)n2)c1. The highest BCUT2D eigenvalue weighted by Gasteiger charge is 2.37. The van der Waals surface area contributed by atoms with Crippen molar-refractivity contribution >= 4 is 10.0 Å². The molecule has 3 aromatic rings. The van der Waals surface area contributed by atoms with Crippen LogP contribution in [0.25, 0.3) is 11.4 Å². The molecule has 0 bridgehead atoms. The van der Waals surface area contributed by atoms with E-state index in [1.54, 1.807) is 37.4 Å². The van der Waals surface area contributed by atoms with E-state index < -0.39 is 16.1 Å². The number of aromatic nitrogens is 2. The van der Waals surface area contributed by atoms with E-state index in [0.717, 1.165) is 18.4 Å². The Kier molecular flexibility index (Phi) is 5.15. The van der Waals surface area contributed by atoms with Crippen molar-refractivity contribution < 1.29 is 17.7 Å². The van der Waals surface area contributed by atoms with Gasteiger partial charge in [0, 0.05) is 12.1 Å². The lowest BCUT2D eigenvalue weighted by Crippen LogP contribution is -2.38. The van der Waals surface area contributed by atoms with E-state index >= 15 is 0 Å². The van der Waals surface area contributed by atoms with Gasteiger partial charge < -0.3 is 9.26 Å². The van der Waals surface area contributed by atoms with Crippen molar-refractivity contribution in [3.05, 3.63) is 60.5 Å². The first-order valence-corrected chi connectivity index (χ1v) is 10.6. The van der Waals surface area contributed by atoms with Crippen LogP contribution in [-0.2, 0) is 10.0 Å². The van der Waals surface area contributed by atoms with Crippen molar-refractivity contribution in [3.8, 4) is 17.1 Å². The first-order chi connectivity index (χ1) is 13.6. The number of nitrogens with zero attached hydrogens (tertiary/aromatic N) is 3. The predicted molar refractivity (Wildman–Crippen MR) is 103 cm³/mol. The van der Waals surface area contributed by atoms with Crippen LogP contribution in [0.2, 0.25) is 0 Å². The third-order valence-electron chi connectivity index (χ3n) is 4.86. The Morgan fingerprint density at radius 2 is 1.93 bits per heavy atom. The first-order valence-electron chi connectivity index (χ1n) is 9.14. The molecular formula is C20H21N3O4S. The smallest absolute Gasteiger partial charge is 0.245 e. The van der Waals surface area contributed by atoms with Gasteiger partial charge in [0.15, 0.2) is 0 Å². The van der Waals surface area contributed by atoms with E-state index in [1.807, 2.05) is 24.3 Å². The minimum absolute atomic E-state index is 0.273. The summed E-state index contributed by atoms with van der Waals surface area (Å²) in [6.07, 6.45) is 2.35. The topological polar surface area (TPSA) is 85.5 Å². The predicted octanol–water partition coefficient (Wildman–Crippen LogP) is 3.66. The summed E-state index contributed by atoms with van der Waals surface area (Å²) in [6.45, 7) is 0.429. The van der Waals surface area contributed by atoms with Crippen LogP contribution in [0.5, 0.6) is 5.75 Å². The molecule has 1 unspecified atom stereocenters. The average Bonchev–Trinajstić information content (AvgIpc) is 3.25. The van der Waals surface area contributed by atoms with Gasteiger partial charge in [-0.3, -0.25) is 0 Å². The molecule has 2 heterocycles. The third-order valence-corrected chi connectivity index (χ3v) is 6.78. The number of ether oxygens (including phenoxy) is 1. The lowest BCUT2D eigenvalue weighted by Gasteiger charge is -2.32. The van der Waals surface area contributed by atoms with E-state index in [-0.39, 0.29) is 4.90 Å². The normalized spacial score (nSPS) is 18.1. The van der Waals surface area contributed by atoms with Gasteiger partial charge in [-0.2, -0.15) is 9.29 Å². The summed E-state index contributed by atoms with van der Waals surface area (Å²) < 4.78 is 38.5. The quantitative estimate of drug-likeness (QED) is 0.651. The maximum Gasteiger partial charge on any atom is 0.245 e. The van der Waals surface area contributed by atoms with Gasteiger partial charge in [-0.05, 0) is 37.1 Å². The Hall–Kier alpha value is -2.71. The molecule has 7 nitrogen and oxygen atoms in total. The first kappa shape index (κ1) is 18.6. The van der Waals surface area contributed by atoms with Gasteiger partial charge >= 0.3 is 0 Å². The molecule has 1 aliphatic heterocycles. The number of piperidine rings is 1. The highest BCUT2D eigenvalue weighted by molar-refractivity contribution is 7.89. The zero-order chi connectivity index (χ0) is 19.6. The molecule has 0 saturated carbocycles. The van der Waals surface area contributed by atoms with Crippen molar-refractivity contribution in [1.29, 1.82) is 0 Å². The van der Waals surface area contributed by atoms with E-state index in [0.29, 0.717) is 30.4 Å². The van der Waals surface area contributed by atoms with E-state index in [4.69, 9.17) is 9.26 Å². The molecule has 1 atom stereocenters. The second-order valence-electron chi connectivity index (χ2n) is 6.63. The lowest BCUT2D eigenvalue weighted by molar-refractivity contribution is 0.204. The Labute approximate surface area is 164 Å². The molecule has 4 rings (SSSR count). The molecule has 0 aliphatic carbocycles. The second-order valence-corrected chi connectivity index (χ2v) is 8.52. The van der Waals surface area contributed by atoms with E-state index in [1.165, 1.54) is 4.31 Å².